The molecule has 0 spiro atoms. The van der Waals surface area contributed by atoms with Crippen molar-refractivity contribution in [3.8, 4) is 0 Å². The number of benzene rings is 1. The van der Waals surface area contributed by atoms with E-state index >= 15 is 0 Å². The van der Waals surface area contributed by atoms with Crippen molar-refractivity contribution in [2.75, 3.05) is 32.4 Å². The summed E-state index contributed by atoms with van der Waals surface area (Å²) < 4.78 is 24.4. The van der Waals surface area contributed by atoms with Crippen molar-refractivity contribution in [3.05, 3.63) is 35.9 Å². The highest BCUT2D eigenvalue weighted by molar-refractivity contribution is 7.88. The standard InChI is InChI=1S/C17H27N3O3S/c1-24(22,23)19-14-17(21)18-13-16(15-9-5-4-6-10-15)20-11-7-2-3-8-12-20/h4-6,9-10,16,19H,2-3,7-8,11-14H2,1H3,(H,18,21)/t16-/m1/s1. The second-order valence-electron chi connectivity index (χ2n) is 6.27. The van der Waals surface area contributed by atoms with E-state index in [2.05, 4.69) is 27.1 Å². The number of sulfonamides is 1. The molecule has 24 heavy (non-hydrogen) atoms. The number of likely N-dealkylation sites (tertiary alicyclic amines) is 1. The molecule has 1 aromatic carbocycles. The summed E-state index contributed by atoms with van der Waals surface area (Å²) in [5, 5.41) is 2.86. The minimum absolute atomic E-state index is 0.117. The molecule has 0 radical (unpaired) electrons. The Balaban J connectivity index is 1.99. The van der Waals surface area contributed by atoms with Crippen molar-refractivity contribution in [3.63, 3.8) is 0 Å². The third-order valence-corrected chi connectivity index (χ3v) is 4.92. The Kier molecular flexibility index (Phi) is 7.20. The van der Waals surface area contributed by atoms with E-state index in [0.717, 1.165) is 19.3 Å². The molecular formula is C17H27N3O3S. The van der Waals surface area contributed by atoms with Gasteiger partial charge in [0.1, 0.15) is 0 Å². The molecule has 0 bridgehead atoms. The monoisotopic (exact) mass is 353 g/mol. The molecule has 1 heterocycles. The summed E-state index contributed by atoms with van der Waals surface area (Å²) in [6.07, 6.45) is 5.90. The second-order valence-corrected chi connectivity index (χ2v) is 8.11. The van der Waals surface area contributed by atoms with Crippen molar-refractivity contribution in [2.24, 2.45) is 0 Å². The molecule has 1 aromatic rings. The summed E-state index contributed by atoms with van der Waals surface area (Å²) >= 11 is 0. The summed E-state index contributed by atoms with van der Waals surface area (Å²) in [5.74, 6) is -0.309. The van der Waals surface area contributed by atoms with E-state index in [1.807, 2.05) is 18.2 Å². The van der Waals surface area contributed by atoms with Crippen molar-refractivity contribution in [2.45, 2.75) is 31.7 Å². The normalized spacial score (nSPS) is 17.9. The summed E-state index contributed by atoms with van der Waals surface area (Å²) in [5.41, 5.74) is 1.18. The van der Waals surface area contributed by atoms with Crippen LogP contribution >= 0.6 is 0 Å². The molecule has 1 fully saturated rings. The summed E-state index contributed by atoms with van der Waals surface area (Å²) in [4.78, 5) is 14.3. The maximum absolute atomic E-state index is 11.9. The molecule has 134 valence electrons. The largest absolute Gasteiger partial charge is 0.353 e. The third-order valence-electron chi connectivity index (χ3n) is 4.25. The van der Waals surface area contributed by atoms with Crippen LogP contribution in [0.5, 0.6) is 0 Å². The molecule has 2 N–H and O–H groups in total. The van der Waals surface area contributed by atoms with Crippen LogP contribution in [0.15, 0.2) is 30.3 Å². The highest BCUT2D eigenvalue weighted by Crippen LogP contribution is 2.23. The Hall–Kier alpha value is -1.44. The number of hydrogen-bond donors (Lipinski definition) is 2. The van der Waals surface area contributed by atoms with Crippen LogP contribution in [0.1, 0.15) is 37.3 Å². The lowest BCUT2D eigenvalue weighted by Crippen LogP contribution is -2.42. The van der Waals surface area contributed by atoms with Gasteiger partial charge in [-0.15, -0.1) is 0 Å². The number of amides is 1. The zero-order chi connectivity index (χ0) is 17.4. The van der Waals surface area contributed by atoms with Gasteiger partial charge in [0.15, 0.2) is 0 Å². The number of nitrogens with one attached hydrogen (secondary N) is 2. The van der Waals surface area contributed by atoms with Gasteiger partial charge in [-0.3, -0.25) is 9.69 Å². The van der Waals surface area contributed by atoms with Gasteiger partial charge in [-0.2, -0.15) is 0 Å². The average molecular weight is 353 g/mol. The van der Waals surface area contributed by atoms with Gasteiger partial charge in [-0.1, -0.05) is 43.2 Å². The minimum Gasteiger partial charge on any atom is -0.353 e. The Morgan fingerprint density at radius 1 is 1.12 bits per heavy atom. The van der Waals surface area contributed by atoms with Crippen LogP contribution in [0, 0.1) is 0 Å². The predicted octanol–water partition coefficient (Wildman–Crippen LogP) is 1.27. The molecule has 0 aromatic heterocycles. The highest BCUT2D eigenvalue weighted by Gasteiger charge is 2.22. The first-order valence-corrected chi connectivity index (χ1v) is 10.4. The number of carbonyl (C=O) groups is 1. The Labute approximate surface area is 144 Å². The van der Waals surface area contributed by atoms with Crippen molar-refractivity contribution in [1.29, 1.82) is 0 Å². The zero-order valence-corrected chi connectivity index (χ0v) is 15.0. The first kappa shape index (κ1) is 18.9. The van der Waals surface area contributed by atoms with Crippen LogP contribution in [0.25, 0.3) is 0 Å². The van der Waals surface area contributed by atoms with Crippen LogP contribution in [0.3, 0.4) is 0 Å². The van der Waals surface area contributed by atoms with Crippen molar-refractivity contribution < 1.29 is 13.2 Å². The number of carbonyl (C=O) groups excluding carboxylic acids is 1. The molecule has 1 saturated heterocycles. The van der Waals surface area contributed by atoms with E-state index < -0.39 is 10.0 Å². The van der Waals surface area contributed by atoms with Crippen LogP contribution in [0.2, 0.25) is 0 Å². The van der Waals surface area contributed by atoms with E-state index in [0.29, 0.717) is 6.54 Å². The Morgan fingerprint density at radius 2 is 1.75 bits per heavy atom. The van der Waals surface area contributed by atoms with Crippen LogP contribution in [-0.4, -0.2) is 51.7 Å². The number of nitrogens with zero attached hydrogens (tertiary/aromatic N) is 1. The molecule has 1 atom stereocenters. The molecule has 1 amide bonds. The van der Waals surface area contributed by atoms with Crippen molar-refractivity contribution >= 4 is 15.9 Å². The van der Waals surface area contributed by atoms with Crippen LogP contribution < -0.4 is 10.0 Å². The topological polar surface area (TPSA) is 78.5 Å². The van der Waals surface area contributed by atoms with E-state index in [-0.39, 0.29) is 18.5 Å². The molecule has 0 unspecified atom stereocenters. The first-order valence-electron chi connectivity index (χ1n) is 8.46. The maximum Gasteiger partial charge on any atom is 0.235 e. The molecule has 0 aliphatic carbocycles. The molecule has 1 aliphatic heterocycles. The molecular weight excluding hydrogens is 326 g/mol. The van der Waals surface area contributed by atoms with E-state index in [9.17, 15) is 13.2 Å². The summed E-state index contributed by atoms with van der Waals surface area (Å²) in [6.45, 7) is 2.31. The fourth-order valence-electron chi connectivity index (χ4n) is 3.01. The lowest BCUT2D eigenvalue weighted by Gasteiger charge is -2.31. The van der Waals surface area contributed by atoms with Gasteiger partial charge in [0, 0.05) is 6.54 Å². The van der Waals surface area contributed by atoms with Gasteiger partial charge in [-0.25, -0.2) is 13.1 Å². The Morgan fingerprint density at radius 3 is 2.33 bits per heavy atom. The lowest BCUT2D eigenvalue weighted by molar-refractivity contribution is -0.120. The summed E-state index contributed by atoms with van der Waals surface area (Å²) in [6, 6.07) is 10.3. The van der Waals surface area contributed by atoms with Gasteiger partial charge in [0.2, 0.25) is 15.9 Å². The molecule has 7 heteroatoms. The lowest BCUT2D eigenvalue weighted by atomic mass is 10.0. The minimum atomic E-state index is -3.36. The first-order chi connectivity index (χ1) is 11.5. The van der Waals surface area contributed by atoms with Crippen LogP contribution in [-0.2, 0) is 14.8 Å². The quantitative estimate of drug-likeness (QED) is 0.774. The third kappa shape index (κ3) is 6.59. The van der Waals surface area contributed by atoms with Gasteiger partial charge in [0.25, 0.3) is 0 Å². The van der Waals surface area contributed by atoms with E-state index in [1.165, 1.54) is 31.2 Å². The van der Waals surface area contributed by atoms with Gasteiger partial charge < -0.3 is 5.32 Å². The zero-order valence-electron chi connectivity index (χ0n) is 14.2. The molecule has 1 aliphatic rings. The SMILES string of the molecule is CS(=O)(=O)NCC(=O)NC[C@H](c1ccccc1)N1CCCCCC1. The van der Waals surface area contributed by atoms with Crippen LogP contribution in [0.4, 0.5) is 0 Å². The average Bonchev–Trinajstić information content (AvgIpc) is 2.83. The fraction of sp³-hybridized carbons (Fsp3) is 0.588. The number of hydrogen-bond acceptors (Lipinski definition) is 4. The Bertz CT molecular complexity index is 611. The molecule has 0 saturated carbocycles. The smallest absolute Gasteiger partial charge is 0.235 e. The van der Waals surface area contributed by atoms with E-state index in [4.69, 9.17) is 0 Å². The molecule has 6 nitrogen and oxygen atoms in total. The fourth-order valence-corrected chi connectivity index (χ4v) is 3.40. The van der Waals surface area contributed by atoms with Crippen molar-refractivity contribution in [1.82, 2.24) is 14.9 Å². The highest BCUT2D eigenvalue weighted by atomic mass is 32.2. The number of rotatable bonds is 7. The van der Waals surface area contributed by atoms with Gasteiger partial charge in [-0.05, 0) is 31.5 Å². The van der Waals surface area contributed by atoms with E-state index in [1.54, 1.807) is 0 Å². The summed E-state index contributed by atoms with van der Waals surface area (Å²) in [7, 11) is -3.36. The second kappa shape index (κ2) is 9.15. The molecule has 2 rings (SSSR count). The van der Waals surface area contributed by atoms with Gasteiger partial charge in [0.05, 0.1) is 18.8 Å². The predicted molar refractivity (Wildman–Crippen MR) is 95.1 cm³/mol. The maximum atomic E-state index is 11.9. The van der Waals surface area contributed by atoms with Gasteiger partial charge >= 0.3 is 0 Å².